The van der Waals surface area contributed by atoms with E-state index in [0.717, 1.165) is 46.8 Å². The maximum Gasteiger partial charge on any atom is 0.157 e. The van der Waals surface area contributed by atoms with E-state index in [1.165, 1.54) is 5.56 Å². The van der Waals surface area contributed by atoms with E-state index in [1.807, 2.05) is 28.1 Å². The van der Waals surface area contributed by atoms with E-state index in [4.69, 9.17) is 4.98 Å². The molecular formula is C19H15N5OS. The zero-order chi connectivity index (χ0) is 17.5. The van der Waals surface area contributed by atoms with Gasteiger partial charge < -0.3 is 5.32 Å². The summed E-state index contributed by atoms with van der Waals surface area (Å²) in [5.41, 5.74) is 5.98. The SMILES string of the molecule is O=NC1CCc2cc(Nc3c(-c4ccsc4)nc4cnccn34)ccc21. The Balaban J connectivity index is 1.60. The molecule has 0 fully saturated rings. The molecule has 26 heavy (non-hydrogen) atoms. The standard InChI is InChI=1S/C19H15N5OS/c25-23-16-4-1-12-9-14(2-3-15(12)16)21-19-18(13-5-8-26-11-13)22-17-10-20-6-7-24(17)19/h2-3,5-11,16,21H,1,4H2. The highest BCUT2D eigenvalue weighted by Crippen LogP contribution is 2.37. The second-order valence-electron chi connectivity index (χ2n) is 6.32. The van der Waals surface area contributed by atoms with Crippen molar-refractivity contribution in [1.29, 1.82) is 0 Å². The first-order chi connectivity index (χ1) is 12.8. The molecule has 7 heteroatoms. The van der Waals surface area contributed by atoms with Gasteiger partial charge in [0.1, 0.15) is 17.6 Å². The highest BCUT2D eigenvalue weighted by atomic mass is 32.1. The molecule has 0 saturated carbocycles. The number of aryl methyl sites for hydroxylation is 1. The number of rotatable bonds is 4. The Morgan fingerprint density at radius 2 is 2.27 bits per heavy atom. The molecule has 0 bridgehead atoms. The van der Waals surface area contributed by atoms with Crippen LogP contribution in [0.1, 0.15) is 23.6 Å². The molecule has 1 aliphatic rings. The summed E-state index contributed by atoms with van der Waals surface area (Å²) in [7, 11) is 0. The Labute approximate surface area is 153 Å². The number of hydrogen-bond donors (Lipinski definition) is 1. The van der Waals surface area contributed by atoms with Gasteiger partial charge in [0, 0.05) is 29.0 Å². The van der Waals surface area contributed by atoms with E-state index in [2.05, 4.69) is 33.0 Å². The fraction of sp³-hybridized carbons (Fsp3) is 0.158. The molecule has 128 valence electrons. The molecule has 1 atom stereocenters. The third kappa shape index (κ3) is 2.40. The normalized spacial score (nSPS) is 15.9. The molecule has 0 radical (unpaired) electrons. The largest absolute Gasteiger partial charge is 0.339 e. The topological polar surface area (TPSA) is 71.7 Å². The highest BCUT2D eigenvalue weighted by molar-refractivity contribution is 7.08. The predicted molar refractivity (Wildman–Crippen MR) is 103 cm³/mol. The molecule has 4 aromatic rings. The molecule has 0 saturated heterocycles. The van der Waals surface area contributed by atoms with E-state index in [-0.39, 0.29) is 6.04 Å². The van der Waals surface area contributed by atoms with Crippen molar-refractivity contribution in [1.82, 2.24) is 14.4 Å². The van der Waals surface area contributed by atoms with Crippen LogP contribution in [-0.2, 0) is 6.42 Å². The van der Waals surface area contributed by atoms with Gasteiger partial charge in [0.2, 0.25) is 0 Å². The van der Waals surface area contributed by atoms with Crippen LogP contribution in [0, 0.1) is 4.91 Å². The van der Waals surface area contributed by atoms with Crippen LogP contribution in [0.2, 0.25) is 0 Å². The van der Waals surface area contributed by atoms with Gasteiger partial charge in [-0.1, -0.05) is 11.2 Å². The minimum absolute atomic E-state index is 0.206. The van der Waals surface area contributed by atoms with E-state index < -0.39 is 0 Å². The summed E-state index contributed by atoms with van der Waals surface area (Å²) >= 11 is 1.65. The van der Waals surface area contributed by atoms with Crippen molar-refractivity contribution in [2.45, 2.75) is 18.9 Å². The fourth-order valence-electron chi connectivity index (χ4n) is 3.55. The number of aromatic nitrogens is 3. The number of nitrogens with one attached hydrogen (secondary N) is 1. The van der Waals surface area contributed by atoms with Crippen molar-refractivity contribution in [2.24, 2.45) is 5.18 Å². The van der Waals surface area contributed by atoms with Gasteiger partial charge in [-0.15, -0.1) is 0 Å². The third-order valence-corrected chi connectivity index (χ3v) is 5.49. The molecule has 0 aliphatic heterocycles. The number of thiophene rings is 1. The first kappa shape index (κ1) is 15.2. The van der Waals surface area contributed by atoms with Crippen LogP contribution in [0.4, 0.5) is 11.5 Å². The Morgan fingerprint density at radius 1 is 1.31 bits per heavy atom. The lowest BCUT2D eigenvalue weighted by atomic mass is 10.1. The second-order valence-corrected chi connectivity index (χ2v) is 7.10. The maximum absolute atomic E-state index is 11.0. The van der Waals surface area contributed by atoms with Gasteiger partial charge in [-0.05, 0) is 47.5 Å². The number of anilines is 2. The van der Waals surface area contributed by atoms with Crippen LogP contribution in [0.3, 0.4) is 0 Å². The van der Waals surface area contributed by atoms with E-state index in [0.29, 0.717) is 0 Å². The molecule has 1 unspecified atom stereocenters. The van der Waals surface area contributed by atoms with Crippen LogP contribution in [0.5, 0.6) is 0 Å². The molecular weight excluding hydrogens is 346 g/mol. The summed E-state index contributed by atoms with van der Waals surface area (Å²) in [5.74, 6) is 0.906. The van der Waals surface area contributed by atoms with E-state index >= 15 is 0 Å². The van der Waals surface area contributed by atoms with Crippen molar-refractivity contribution >= 4 is 28.5 Å². The van der Waals surface area contributed by atoms with Crippen LogP contribution in [0.25, 0.3) is 16.9 Å². The monoisotopic (exact) mass is 361 g/mol. The van der Waals surface area contributed by atoms with Gasteiger partial charge in [-0.2, -0.15) is 16.2 Å². The highest BCUT2D eigenvalue weighted by Gasteiger charge is 2.23. The molecule has 1 N–H and O–H groups in total. The fourth-order valence-corrected chi connectivity index (χ4v) is 4.19. The Kier molecular flexibility index (Phi) is 3.53. The molecule has 3 aromatic heterocycles. The lowest BCUT2D eigenvalue weighted by molar-refractivity contribution is 0.710. The van der Waals surface area contributed by atoms with Crippen molar-refractivity contribution in [3.63, 3.8) is 0 Å². The van der Waals surface area contributed by atoms with Crippen molar-refractivity contribution < 1.29 is 0 Å². The smallest absolute Gasteiger partial charge is 0.157 e. The molecule has 1 aromatic carbocycles. The molecule has 0 amide bonds. The van der Waals surface area contributed by atoms with Crippen molar-refractivity contribution in [3.8, 4) is 11.3 Å². The summed E-state index contributed by atoms with van der Waals surface area (Å²) in [6.07, 6.45) is 7.09. The lowest BCUT2D eigenvalue weighted by Crippen LogP contribution is -1.98. The molecule has 5 rings (SSSR count). The summed E-state index contributed by atoms with van der Waals surface area (Å²) in [6.45, 7) is 0. The average Bonchev–Trinajstić information content (AvgIpc) is 3.40. The minimum Gasteiger partial charge on any atom is -0.339 e. The minimum atomic E-state index is -0.206. The van der Waals surface area contributed by atoms with Gasteiger partial charge in [0.25, 0.3) is 0 Å². The number of nitrogens with zero attached hydrogens (tertiary/aromatic N) is 4. The molecule has 1 aliphatic carbocycles. The summed E-state index contributed by atoms with van der Waals surface area (Å²) in [4.78, 5) is 19.9. The van der Waals surface area contributed by atoms with Gasteiger partial charge in [0.05, 0.1) is 6.20 Å². The number of benzene rings is 1. The number of hydrogen-bond acceptors (Lipinski definition) is 6. The Bertz CT molecular complexity index is 1100. The van der Waals surface area contributed by atoms with Crippen LogP contribution >= 0.6 is 11.3 Å². The number of imidazole rings is 1. The summed E-state index contributed by atoms with van der Waals surface area (Å²) < 4.78 is 2.00. The number of fused-ring (bicyclic) bond motifs is 2. The first-order valence-electron chi connectivity index (χ1n) is 8.40. The van der Waals surface area contributed by atoms with Crippen LogP contribution in [-0.4, -0.2) is 14.4 Å². The molecule has 0 spiro atoms. The van der Waals surface area contributed by atoms with Crippen molar-refractivity contribution in [2.75, 3.05) is 5.32 Å². The zero-order valence-electron chi connectivity index (χ0n) is 13.8. The quantitative estimate of drug-likeness (QED) is 0.522. The summed E-state index contributed by atoms with van der Waals surface area (Å²) in [6, 6.07) is 7.97. The Morgan fingerprint density at radius 3 is 3.12 bits per heavy atom. The predicted octanol–water partition coefficient (Wildman–Crippen LogP) is 4.96. The van der Waals surface area contributed by atoms with Gasteiger partial charge in [-0.3, -0.25) is 9.38 Å². The van der Waals surface area contributed by atoms with E-state index in [9.17, 15) is 4.91 Å². The first-order valence-corrected chi connectivity index (χ1v) is 9.35. The lowest BCUT2D eigenvalue weighted by Gasteiger charge is -2.10. The summed E-state index contributed by atoms with van der Waals surface area (Å²) in [5, 5.41) is 10.9. The van der Waals surface area contributed by atoms with Crippen LogP contribution in [0.15, 0.2) is 58.8 Å². The molecule has 6 nitrogen and oxygen atoms in total. The van der Waals surface area contributed by atoms with Gasteiger partial charge in [-0.25, -0.2) is 4.98 Å². The third-order valence-electron chi connectivity index (χ3n) is 4.80. The maximum atomic E-state index is 11.0. The molecule has 3 heterocycles. The average molecular weight is 361 g/mol. The van der Waals surface area contributed by atoms with Gasteiger partial charge >= 0.3 is 0 Å². The van der Waals surface area contributed by atoms with Gasteiger partial charge in [0.15, 0.2) is 5.65 Å². The van der Waals surface area contributed by atoms with Crippen molar-refractivity contribution in [3.05, 3.63) is 69.7 Å². The number of nitroso groups, excluding NO2 is 1. The van der Waals surface area contributed by atoms with E-state index in [1.54, 1.807) is 23.7 Å². The zero-order valence-corrected chi connectivity index (χ0v) is 14.6. The Hall–Kier alpha value is -3.06. The second kappa shape index (κ2) is 6.03. The van der Waals surface area contributed by atoms with Crippen LogP contribution < -0.4 is 5.32 Å².